The topological polar surface area (TPSA) is 163 Å². The van der Waals surface area contributed by atoms with Crippen LogP contribution in [0.5, 0.6) is 17.2 Å². The second kappa shape index (κ2) is 11.6. The zero-order valence-electron chi connectivity index (χ0n) is 23.1. The van der Waals surface area contributed by atoms with Crippen LogP contribution in [0.4, 0.5) is 4.39 Å². The number of fused-ring (bicyclic) bond motifs is 3. The van der Waals surface area contributed by atoms with Gasteiger partial charge in [-0.3, -0.25) is 14.4 Å². The molecule has 2 aromatic rings. The summed E-state index contributed by atoms with van der Waals surface area (Å²) in [7, 11) is 2.93. The third kappa shape index (κ3) is 4.94. The number of ether oxygens (including phenoxy) is 2. The summed E-state index contributed by atoms with van der Waals surface area (Å²) in [5, 5.41) is 47.6. The molecule has 7 unspecified atom stereocenters. The van der Waals surface area contributed by atoms with Crippen LogP contribution in [0.3, 0.4) is 0 Å². The van der Waals surface area contributed by atoms with Gasteiger partial charge in [0, 0.05) is 79.6 Å². The third-order valence-electron chi connectivity index (χ3n) is 8.67. The number of ketones is 3. The normalized spacial score (nSPS) is 30.5. The van der Waals surface area contributed by atoms with Gasteiger partial charge in [-0.25, -0.2) is 4.39 Å². The van der Waals surface area contributed by atoms with E-state index in [1.165, 1.54) is 25.3 Å². The number of hydrogen-bond acceptors (Lipinski definition) is 10. The summed E-state index contributed by atoms with van der Waals surface area (Å²) >= 11 is 0. The molecule has 217 valence electrons. The first-order chi connectivity index (χ1) is 18.9. The van der Waals surface area contributed by atoms with E-state index in [-0.39, 0.29) is 84.4 Å². The van der Waals surface area contributed by atoms with Gasteiger partial charge in [0.15, 0.2) is 17.7 Å². The van der Waals surface area contributed by atoms with Crippen LogP contribution in [-0.4, -0.2) is 82.0 Å². The Morgan fingerprint density at radius 1 is 1.12 bits per heavy atom. The minimum atomic E-state index is -2.07. The van der Waals surface area contributed by atoms with Crippen molar-refractivity contribution in [2.24, 2.45) is 5.92 Å². The van der Waals surface area contributed by atoms with Crippen LogP contribution >= 0.6 is 0 Å². The molecular weight excluding hydrogens is 752 g/mol. The van der Waals surface area contributed by atoms with Gasteiger partial charge in [0.2, 0.25) is 5.78 Å². The quantitative estimate of drug-likeness (QED) is 0.242. The number of phenols is 2. The Labute approximate surface area is 271 Å². The molecule has 1 saturated carbocycles. The van der Waals surface area contributed by atoms with Crippen molar-refractivity contribution in [1.82, 2.24) is 5.32 Å². The van der Waals surface area contributed by atoms with Crippen molar-refractivity contribution in [2.75, 3.05) is 14.2 Å². The molecule has 0 aromatic heterocycles. The fourth-order valence-electron chi connectivity index (χ4n) is 6.50. The van der Waals surface area contributed by atoms with Gasteiger partial charge in [-0.05, 0) is 32.4 Å². The van der Waals surface area contributed by atoms with Gasteiger partial charge in [0.25, 0.3) is 0 Å². The summed E-state index contributed by atoms with van der Waals surface area (Å²) in [6.07, 6.45) is -6.54. The van der Waals surface area contributed by atoms with Crippen molar-refractivity contribution in [1.29, 1.82) is 0 Å². The van der Waals surface area contributed by atoms with E-state index >= 15 is 4.39 Å². The van der Waals surface area contributed by atoms with Crippen LogP contribution in [0.2, 0.25) is 0 Å². The fourth-order valence-corrected chi connectivity index (χ4v) is 6.50. The molecule has 5 rings (SSSR count). The summed E-state index contributed by atoms with van der Waals surface area (Å²) in [6.45, 7) is 2.96. The number of methoxy groups -OCH3 is 1. The SMILES string of the molecule is CNC1C(C)CC(OC2CC(O)(C(C)=O)Cc3c(O)c4c(c(O)c32)C(=O)c2c(OC)cccc2C4=O)C(F)C1O.[Ac]. The standard InChI is InChI=1S/C29H32FNO9.Ac/c1-11-8-16(22(30)28(37)23(11)31-3)40-17-10-29(38,12(2)32)9-14-19(17)27(36)21-20(25(14)34)24(33)13-6-5-7-15(39-4)18(13)26(21)35;/h5-7,11,16-17,22-23,28,31,34,36-38H,8-10H2,1-4H3;. The molecule has 0 aliphatic heterocycles. The Balaban J connectivity index is 0.00000387. The molecule has 3 aliphatic carbocycles. The number of Topliss-reactive ketones (excluding diaryl/α,β-unsaturated/α-hetero) is 1. The summed E-state index contributed by atoms with van der Waals surface area (Å²) < 4.78 is 26.7. The first-order valence-corrected chi connectivity index (χ1v) is 13.1. The van der Waals surface area contributed by atoms with Gasteiger partial charge in [-0.15, -0.1) is 0 Å². The van der Waals surface area contributed by atoms with Gasteiger partial charge >= 0.3 is 0 Å². The Bertz CT molecular complexity index is 1430. The number of hydrogen-bond donors (Lipinski definition) is 5. The van der Waals surface area contributed by atoms with Crippen molar-refractivity contribution in [2.45, 2.75) is 69.2 Å². The van der Waals surface area contributed by atoms with Crippen LogP contribution in [0, 0.1) is 50.0 Å². The largest absolute Gasteiger partial charge is 0.507 e. The van der Waals surface area contributed by atoms with E-state index in [0.29, 0.717) is 0 Å². The maximum atomic E-state index is 15.4. The number of aliphatic hydroxyl groups excluding tert-OH is 1. The van der Waals surface area contributed by atoms with E-state index in [4.69, 9.17) is 9.47 Å². The Morgan fingerprint density at radius 3 is 2.39 bits per heavy atom. The van der Waals surface area contributed by atoms with Crippen LogP contribution in [0.15, 0.2) is 18.2 Å². The Kier molecular flexibility index (Phi) is 9.07. The summed E-state index contributed by atoms with van der Waals surface area (Å²) in [4.78, 5) is 39.8. The summed E-state index contributed by atoms with van der Waals surface area (Å²) in [5.41, 5.74) is -3.40. The van der Waals surface area contributed by atoms with Crippen molar-refractivity contribution >= 4 is 17.3 Å². The molecule has 0 heterocycles. The summed E-state index contributed by atoms with van der Waals surface area (Å²) in [5.74, 6) is -3.65. The maximum Gasteiger partial charge on any atom is 0.202 e. The molecule has 3 aliphatic rings. The molecule has 10 nitrogen and oxygen atoms in total. The first-order valence-electron chi connectivity index (χ1n) is 13.1. The van der Waals surface area contributed by atoms with E-state index in [9.17, 15) is 34.8 Å². The number of nitrogens with one attached hydrogen (secondary N) is 1. The van der Waals surface area contributed by atoms with E-state index < -0.39 is 88.9 Å². The van der Waals surface area contributed by atoms with E-state index in [1.54, 1.807) is 7.05 Å². The Morgan fingerprint density at radius 2 is 1.78 bits per heavy atom. The van der Waals surface area contributed by atoms with Crippen molar-refractivity contribution in [3.05, 3.63) is 51.6 Å². The van der Waals surface area contributed by atoms with Gasteiger partial charge < -0.3 is 35.2 Å². The zero-order chi connectivity index (χ0) is 29.3. The van der Waals surface area contributed by atoms with Gasteiger partial charge in [0.05, 0.1) is 36.0 Å². The molecule has 5 N–H and O–H groups in total. The molecule has 0 spiro atoms. The molecular formula is C29H32AcFNO9. The monoisotopic (exact) mass is 784 g/mol. The molecule has 2 aromatic carbocycles. The molecule has 7 atom stereocenters. The Hall–Kier alpha value is -1.94. The number of aromatic hydroxyl groups is 2. The predicted molar refractivity (Wildman–Crippen MR) is 139 cm³/mol. The van der Waals surface area contributed by atoms with E-state index in [0.717, 1.165) is 6.92 Å². The fraction of sp³-hybridized carbons (Fsp3) is 0.483. The number of carbonyl (C=O) groups is 3. The van der Waals surface area contributed by atoms with Crippen molar-refractivity contribution in [3.63, 3.8) is 0 Å². The molecule has 0 amide bonds. The molecule has 1 radical (unpaired) electrons. The second-order valence-corrected chi connectivity index (χ2v) is 11.0. The van der Waals surface area contributed by atoms with Crippen LogP contribution in [0.25, 0.3) is 0 Å². The molecule has 41 heavy (non-hydrogen) atoms. The van der Waals surface area contributed by atoms with Crippen molar-refractivity contribution < 1.29 is 92.7 Å². The molecule has 0 bridgehead atoms. The molecule has 0 saturated heterocycles. The van der Waals surface area contributed by atoms with E-state index in [2.05, 4.69) is 5.32 Å². The van der Waals surface area contributed by atoms with Gasteiger partial charge in [-0.1, -0.05) is 19.1 Å². The minimum absolute atomic E-state index is 0. The second-order valence-electron chi connectivity index (χ2n) is 11.0. The number of likely N-dealkylation sites (N-methyl/N-ethyl adjacent to an activating group) is 1. The smallest absolute Gasteiger partial charge is 0.202 e. The molecule has 12 heteroatoms. The first kappa shape index (κ1) is 32.0. The number of alkyl halides is 1. The average molecular weight is 785 g/mol. The molecule has 1 fully saturated rings. The third-order valence-corrected chi connectivity index (χ3v) is 8.67. The van der Waals surface area contributed by atoms with Crippen LogP contribution in [-0.2, 0) is 16.0 Å². The average Bonchev–Trinajstić information content (AvgIpc) is 2.91. The van der Waals surface area contributed by atoms with E-state index in [1.807, 2.05) is 6.92 Å². The van der Waals surface area contributed by atoms with Gasteiger partial charge in [0.1, 0.15) is 29.0 Å². The van der Waals surface area contributed by atoms with Crippen molar-refractivity contribution in [3.8, 4) is 17.2 Å². The minimum Gasteiger partial charge on any atom is -0.507 e. The van der Waals surface area contributed by atoms with Gasteiger partial charge in [-0.2, -0.15) is 0 Å². The number of rotatable bonds is 5. The number of aliphatic hydroxyl groups is 2. The number of benzene rings is 2. The predicted octanol–water partition coefficient (Wildman–Crippen LogP) is 1.90. The summed E-state index contributed by atoms with van der Waals surface area (Å²) in [6, 6.07) is 3.85. The number of carbonyl (C=O) groups excluding carboxylic acids is 3. The van der Waals surface area contributed by atoms with Crippen LogP contribution < -0.4 is 10.1 Å². The van der Waals surface area contributed by atoms with Crippen LogP contribution in [0.1, 0.15) is 75.8 Å². The maximum absolute atomic E-state index is 15.4. The zero-order valence-corrected chi connectivity index (χ0v) is 27.8. The number of halogens is 1. The number of phenolic OH excluding ortho intramolecular Hbond substituents is 2.